The highest BCUT2D eigenvalue weighted by atomic mass is 16.5. The first-order valence-electron chi connectivity index (χ1n) is 9.13. The number of hydrogen-bond donors (Lipinski definition) is 2. The lowest BCUT2D eigenvalue weighted by Gasteiger charge is -2.32. The van der Waals surface area contributed by atoms with E-state index >= 15 is 0 Å². The maximum atomic E-state index is 12.2. The van der Waals surface area contributed by atoms with E-state index in [-0.39, 0.29) is 17.9 Å². The van der Waals surface area contributed by atoms with Crippen LogP contribution in [0.1, 0.15) is 35.7 Å². The molecule has 142 valence electrons. The van der Waals surface area contributed by atoms with Crippen LogP contribution in [0.3, 0.4) is 0 Å². The molecule has 2 aromatic rings. The number of amides is 1. The zero-order valence-electron chi connectivity index (χ0n) is 15.4. The van der Waals surface area contributed by atoms with Crippen molar-refractivity contribution >= 4 is 23.4 Å². The molecule has 2 N–H and O–H groups in total. The summed E-state index contributed by atoms with van der Waals surface area (Å²) in [5, 5.41) is 12.0. The first-order valence-corrected chi connectivity index (χ1v) is 9.13. The van der Waals surface area contributed by atoms with E-state index in [1.54, 1.807) is 12.1 Å². The summed E-state index contributed by atoms with van der Waals surface area (Å²) in [4.78, 5) is 25.9. The molecular formula is C21H24N2O4. The Balaban J connectivity index is 1.70. The van der Waals surface area contributed by atoms with Crippen molar-refractivity contribution in [3.63, 3.8) is 0 Å². The highest BCUT2D eigenvalue weighted by Crippen LogP contribution is 2.28. The summed E-state index contributed by atoms with van der Waals surface area (Å²) in [7, 11) is 0. The van der Waals surface area contributed by atoms with E-state index in [2.05, 4.69) is 17.1 Å². The Morgan fingerprint density at radius 3 is 2.52 bits per heavy atom. The van der Waals surface area contributed by atoms with E-state index < -0.39 is 12.1 Å². The van der Waals surface area contributed by atoms with Crippen LogP contribution in [-0.2, 0) is 11.3 Å². The van der Waals surface area contributed by atoms with Gasteiger partial charge in [-0.1, -0.05) is 37.3 Å². The smallest absolute Gasteiger partial charge is 0.411 e. The minimum absolute atomic E-state index is 0.0424. The minimum Gasteiger partial charge on any atom is -0.478 e. The molecule has 0 bridgehead atoms. The van der Waals surface area contributed by atoms with Crippen LogP contribution in [0, 0.1) is 5.92 Å². The fourth-order valence-electron chi connectivity index (χ4n) is 3.15. The van der Waals surface area contributed by atoms with E-state index in [4.69, 9.17) is 4.74 Å². The molecule has 6 nitrogen and oxygen atoms in total. The molecule has 3 rings (SSSR count). The number of carboxylic acid groups (broad SMARTS) is 1. The maximum absolute atomic E-state index is 12.2. The first-order chi connectivity index (χ1) is 13.0. The van der Waals surface area contributed by atoms with Crippen LogP contribution >= 0.6 is 0 Å². The van der Waals surface area contributed by atoms with Crippen molar-refractivity contribution in [3.05, 3.63) is 59.7 Å². The molecule has 1 aliphatic heterocycles. The number of ether oxygens (including phenoxy) is 1. The second-order valence-electron chi connectivity index (χ2n) is 6.89. The Labute approximate surface area is 158 Å². The second kappa shape index (κ2) is 8.58. The fraction of sp³-hybridized carbons (Fsp3) is 0.333. The predicted octanol–water partition coefficient (Wildman–Crippen LogP) is 4.37. The highest BCUT2D eigenvalue weighted by Gasteiger charge is 2.19. The lowest BCUT2D eigenvalue weighted by molar-refractivity contribution is 0.0698. The van der Waals surface area contributed by atoms with Crippen molar-refractivity contribution in [3.8, 4) is 0 Å². The van der Waals surface area contributed by atoms with E-state index in [1.807, 2.05) is 30.3 Å². The van der Waals surface area contributed by atoms with Crippen LogP contribution < -0.4 is 10.2 Å². The molecule has 0 spiro atoms. The molecule has 1 heterocycles. The van der Waals surface area contributed by atoms with Crippen LogP contribution in [0.15, 0.2) is 48.5 Å². The van der Waals surface area contributed by atoms with Crippen molar-refractivity contribution in [2.45, 2.75) is 26.4 Å². The minimum atomic E-state index is -1.09. The number of nitrogens with zero attached hydrogens (tertiary/aromatic N) is 1. The molecule has 1 aliphatic rings. The summed E-state index contributed by atoms with van der Waals surface area (Å²) in [6, 6.07) is 14.4. The highest BCUT2D eigenvalue weighted by molar-refractivity contribution is 5.99. The summed E-state index contributed by atoms with van der Waals surface area (Å²) in [6.07, 6.45) is 1.52. The monoisotopic (exact) mass is 368 g/mol. The number of rotatable bonds is 5. The van der Waals surface area contributed by atoms with Crippen LogP contribution in [0.4, 0.5) is 16.2 Å². The third-order valence-electron chi connectivity index (χ3n) is 4.83. The quantitative estimate of drug-likeness (QED) is 0.819. The van der Waals surface area contributed by atoms with Gasteiger partial charge in [0.2, 0.25) is 0 Å². The largest absolute Gasteiger partial charge is 0.478 e. The van der Waals surface area contributed by atoms with Gasteiger partial charge in [0, 0.05) is 18.8 Å². The van der Waals surface area contributed by atoms with Gasteiger partial charge in [-0.25, -0.2) is 9.59 Å². The molecule has 1 amide bonds. The molecular weight excluding hydrogens is 344 g/mol. The van der Waals surface area contributed by atoms with Gasteiger partial charge in [0.25, 0.3) is 0 Å². The topological polar surface area (TPSA) is 78.9 Å². The van der Waals surface area contributed by atoms with Gasteiger partial charge in [0.05, 0.1) is 11.3 Å². The number of hydrogen-bond acceptors (Lipinski definition) is 4. The summed E-state index contributed by atoms with van der Waals surface area (Å²) < 4.78 is 5.21. The van der Waals surface area contributed by atoms with Crippen molar-refractivity contribution < 1.29 is 19.4 Å². The van der Waals surface area contributed by atoms with Crippen LogP contribution in [0.5, 0.6) is 0 Å². The zero-order valence-corrected chi connectivity index (χ0v) is 15.4. The number of benzene rings is 2. The van der Waals surface area contributed by atoms with Crippen molar-refractivity contribution in [1.82, 2.24) is 0 Å². The Hall–Kier alpha value is -3.02. The molecule has 2 aromatic carbocycles. The van der Waals surface area contributed by atoms with Gasteiger partial charge in [-0.3, -0.25) is 5.32 Å². The summed E-state index contributed by atoms with van der Waals surface area (Å²) in [5.74, 6) is -0.391. The predicted molar refractivity (Wildman–Crippen MR) is 104 cm³/mol. The molecule has 0 atom stereocenters. The lowest BCUT2D eigenvalue weighted by Crippen LogP contribution is -2.32. The molecule has 1 saturated heterocycles. The fourth-order valence-corrected chi connectivity index (χ4v) is 3.15. The van der Waals surface area contributed by atoms with E-state index in [9.17, 15) is 14.7 Å². The number of carbonyl (C=O) groups is 2. The Morgan fingerprint density at radius 2 is 1.85 bits per heavy atom. The number of aromatic carboxylic acids is 1. The number of carboxylic acids is 1. The molecule has 0 aliphatic carbocycles. The van der Waals surface area contributed by atoms with Gasteiger partial charge in [-0.15, -0.1) is 0 Å². The van der Waals surface area contributed by atoms with Gasteiger partial charge in [0.15, 0.2) is 0 Å². The SMILES string of the molecule is CC1CCN(c2ccc(C(=O)O)c(NC(=O)OCc3ccccc3)c2)CC1. The van der Waals surface area contributed by atoms with Gasteiger partial charge >= 0.3 is 12.1 Å². The maximum Gasteiger partial charge on any atom is 0.411 e. The first kappa shape index (κ1) is 18.8. The summed E-state index contributed by atoms with van der Waals surface area (Å²) in [6.45, 7) is 4.20. The van der Waals surface area contributed by atoms with Gasteiger partial charge < -0.3 is 14.7 Å². The van der Waals surface area contributed by atoms with Crippen LogP contribution in [-0.4, -0.2) is 30.3 Å². The average molecular weight is 368 g/mol. The number of carbonyl (C=O) groups excluding carboxylic acids is 1. The Morgan fingerprint density at radius 1 is 1.15 bits per heavy atom. The number of nitrogens with one attached hydrogen (secondary N) is 1. The van der Waals surface area contributed by atoms with Crippen molar-refractivity contribution in [2.24, 2.45) is 5.92 Å². The molecule has 0 aromatic heterocycles. The second-order valence-corrected chi connectivity index (χ2v) is 6.89. The lowest BCUT2D eigenvalue weighted by atomic mass is 9.98. The van der Waals surface area contributed by atoms with Crippen molar-refractivity contribution in [1.29, 1.82) is 0 Å². The zero-order chi connectivity index (χ0) is 19.2. The van der Waals surface area contributed by atoms with Gasteiger partial charge in [0.1, 0.15) is 6.61 Å². The average Bonchev–Trinajstić information content (AvgIpc) is 2.67. The van der Waals surface area contributed by atoms with Crippen LogP contribution in [0.25, 0.3) is 0 Å². The van der Waals surface area contributed by atoms with E-state index in [0.29, 0.717) is 5.92 Å². The standard InChI is InChI=1S/C21H24N2O4/c1-15-9-11-23(12-10-15)17-7-8-18(20(24)25)19(13-17)22-21(26)27-14-16-5-3-2-4-6-16/h2-8,13,15H,9-12,14H2,1H3,(H,22,26)(H,24,25). The van der Waals surface area contributed by atoms with E-state index in [0.717, 1.165) is 37.2 Å². The van der Waals surface area contributed by atoms with E-state index in [1.165, 1.54) is 6.07 Å². The number of anilines is 2. The summed E-state index contributed by atoms with van der Waals surface area (Å²) in [5.41, 5.74) is 2.06. The van der Waals surface area contributed by atoms with Gasteiger partial charge in [-0.2, -0.15) is 0 Å². The third kappa shape index (κ3) is 5.00. The Bertz CT molecular complexity index is 799. The normalized spacial score (nSPS) is 14.6. The Kier molecular flexibility index (Phi) is 5.96. The molecule has 27 heavy (non-hydrogen) atoms. The summed E-state index contributed by atoms with van der Waals surface area (Å²) >= 11 is 0. The van der Waals surface area contributed by atoms with Crippen molar-refractivity contribution in [2.75, 3.05) is 23.3 Å². The molecule has 1 fully saturated rings. The molecule has 0 radical (unpaired) electrons. The van der Waals surface area contributed by atoms with Crippen LogP contribution in [0.2, 0.25) is 0 Å². The molecule has 0 saturated carbocycles. The molecule has 0 unspecified atom stereocenters. The number of piperidine rings is 1. The molecule has 6 heteroatoms. The third-order valence-corrected chi connectivity index (χ3v) is 4.83. The van der Waals surface area contributed by atoms with Gasteiger partial charge in [-0.05, 0) is 42.5 Å².